The summed E-state index contributed by atoms with van der Waals surface area (Å²) in [5.41, 5.74) is 0. The van der Waals surface area contributed by atoms with E-state index in [0.717, 1.165) is 4.31 Å². The fourth-order valence-corrected chi connectivity index (χ4v) is 2.38. The first-order valence-corrected chi connectivity index (χ1v) is 4.94. The minimum atomic E-state index is -3.47. The van der Waals surface area contributed by atoms with Crippen LogP contribution in [0.5, 0.6) is 0 Å². The Kier molecular flexibility index (Phi) is 1.84. The van der Waals surface area contributed by atoms with Gasteiger partial charge in [0.2, 0.25) is 0 Å². The molecular weight excluding hydrogens is 269 g/mol. The smallest absolute Gasteiger partial charge is 0.369 e. The third kappa shape index (κ3) is 1.09. The molecule has 0 aliphatic carbocycles. The molecule has 1 aliphatic rings. The molecule has 0 atom stereocenters. The minimum absolute atomic E-state index is 0.433. The van der Waals surface area contributed by atoms with Gasteiger partial charge in [0.1, 0.15) is 9.46 Å². The topological polar surface area (TPSA) is 46.6 Å². The molecule has 0 bridgehead atoms. The SMILES string of the molecule is CC1=C(I)N(C)S(=O)(=O)O1. The zero-order valence-electron chi connectivity index (χ0n) is 5.46. The average Bonchev–Trinajstić information content (AvgIpc) is 1.95. The molecule has 0 unspecified atom stereocenters. The van der Waals surface area contributed by atoms with Crippen LogP contribution in [0.3, 0.4) is 0 Å². The van der Waals surface area contributed by atoms with Crippen LogP contribution in [0, 0.1) is 0 Å². The zero-order valence-corrected chi connectivity index (χ0v) is 8.43. The molecule has 1 rings (SSSR count). The Morgan fingerprint density at radius 3 is 2.20 bits per heavy atom. The van der Waals surface area contributed by atoms with Gasteiger partial charge in [0.15, 0.2) is 0 Å². The van der Waals surface area contributed by atoms with E-state index in [1.54, 1.807) is 6.92 Å². The molecule has 1 aliphatic heterocycles. The summed E-state index contributed by atoms with van der Waals surface area (Å²) in [5.74, 6) is 0.433. The second kappa shape index (κ2) is 2.26. The van der Waals surface area contributed by atoms with Crippen molar-refractivity contribution in [2.24, 2.45) is 0 Å². The Balaban J connectivity index is 3.10. The van der Waals surface area contributed by atoms with Crippen molar-refractivity contribution in [1.82, 2.24) is 4.31 Å². The van der Waals surface area contributed by atoms with Crippen molar-refractivity contribution < 1.29 is 12.6 Å². The van der Waals surface area contributed by atoms with Crippen molar-refractivity contribution in [3.8, 4) is 0 Å². The Hall–Kier alpha value is 0.0200. The Bertz CT molecular complexity index is 281. The van der Waals surface area contributed by atoms with Gasteiger partial charge < -0.3 is 4.18 Å². The van der Waals surface area contributed by atoms with E-state index in [1.807, 2.05) is 22.6 Å². The maximum Gasteiger partial charge on any atom is 0.409 e. The van der Waals surface area contributed by atoms with E-state index in [0.29, 0.717) is 9.46 Å². The second-order valence-electron chi connectivity index (χ2n) is 1.86. The molecule has 58 valence electrons. The number of nitrogens with zero attached hydrogens (tertiary/aromatic N) is 1. The van der Waals surface area contributed by atoms with Gasteiger partial charge in [-0.3, -0.25) is 0 Å². The van der Waals surface area contributed by atoms with Crippen molar-refractivity contribution in [1.29, 1.82) is 0 Å². The predicted molar refractivity (Wildman–Crippen MR) is 44.5 cm³/mol. The highest BCUT2D eigenvalue weighted by molar-refractivity contribution is 14.1. The molecule has 10 heavy (non-hydrogen) atoms. The Labute approximate surface area is 73.2 Å². The van der Waals surface area contributed by atoms with Crippen LogP contribution in [0.25, 0.3) is 0 Å². The molecule has 0 aromatic heterocycles. The standard InChI is InChI=1S/C4H6INO3S/c1-3-4(5)6(2)10(7,8)9-3/h1-2H3. The summed E-state index contributed by atoms with van der Waals surface area (Å²) in [7, 11) is -2.02. The highest BCUT2D eigenvalue weighted by Gasteiger charge is 2.30. The molecule has 6 heteroatoms. The summed E-state index contributed by atoms with van der Waals surface area (Å²) >= 11 is 1.91. The van der Waals surface area contributed by atoms with E-state index >= 15 is 0 Å². The number of halogens is 1. The van der Waals surface area contributed by atoms with Crippen molar-refractivity contribution in [3.05, 3.63) is 9.46 Å². The number of hydrogen-bond acceptors (Lipinski definition) is 3. The van der Waals surface area contributed by atoms with E-state index in [-0.39, 0.29) is 0 Å². The van der Waals surface area contributed by atoms with Crippen LogP contribution >= 0.6 is 22.6 Å². The molecule has 0 fully saturated rings. The minimum Gasteiger partial charge on any atom is -0.369 e. The third-order valence-electron chi connectivity index (χ3n) is 1.13. The fourth-order valence-electron chi connectivity index (χ4n) is 0.568. The molecule has 0 amide bonds. The average molecular weight is 275 g/mol. The van der Waals surface area contributed by atoms with Crippen LogP contribution in [0.15, 0.2) is 9.46 Å². The van der Waals surface area contributed by atoms with E-state index in [1.165, 1.54) is 7.05 Å². The first-order valence-electron chi connectivity index (χ1n) is 2.50. The number of allylic oxidation sites excluding steroid dienone is 1. The zero-order chi connectivity index (χ0) is 7.94. The van der Waals surface area contributed by atoms with Gasteiger partial charge in [0.25, 0.3) is 0 Å². The molecule has 4 nitrogen and oxygen atoms in total. The molecule has 1 heterocycles. The van der Waals surface area contributed by atoms with Gasteiger partial charge in [0.05, 0.1) is 0 Å². The van der Waals surface area contributed by atoms with Gasteiger partial charge in [-0.1, -0.05) is 0 Å². The highest BCUT2D eigenvalue weighted by Crippen LogP contribution is 2.29. The van der Waals surface area contributed by atoms with Gasteiger partial charge >= 0.3 is 10.3 Å². The molecule has 0 saturated heterocycles. The Morgan fingerprint density at radius 1 is 1.60 bits per heavy atom. The molecule has 0 saturated carbocycles. The molecule has 0 spiro atoms. The van der Waals surface area contributed by atoms with E-state index in [2.05, 4.69) is 4.18 Å². The van der Waals surface area contributed by atoms with Gasteiger partial charge in [-0.05, 0) is 29.5 Å². The van der Waals surface area contributed by atoms with Gasteiger partial charge in [-0.25, -0.2) is 4.31 Å². The van der Waals surface area contributed by atoms with Crippen LogP contribution in [0.2, 0.25) is 0 Å². The maximum absolute atomic E-state index is 10.8. The monoisotopic (exact) mass is 275 g/mol. The Morgan fingerprint density at radius 2 is 2.10 bits per heavy atom. The molecular formula is C4H6INO3S. The lowest BCUT2D eigenvalue weighted by Crippen LogP contribution is -2.18. The second-order valence-corrected chi connectivity index (χ2v) is 4.45. The van der Waals surface area contributed by atoms with Crippen molar-refractivity contribution in [2.45, 2.75) is 6.92 Å². The molecule has 0 aromatic carbocycles. The normalized spacial score (nSPS) is 23.3. The lowest BCUT2D eigenvalue weighted by atomic mass is 10.6. The fraction of sp³-hybridized carbons (Fsp3) is 0.500. The van der Waals surface area contributed by atoms with Gasteiger partial charge in [-0.2, -0.15) is 8.42 Å². The highest BCUT2D eigenvalue weighted by atomic mass is 127. The molecule has 0 aromatic rings. The van der Waals surface area contributed by atoms with E-state index < -0.39 is 10.3 Å². The van der Waals surface area contributed by atoms with Crippen molar-refractivity contribution in [2.75, 3.05) is 7.05 Å². The van der Waals surface area contributed by atoms with E-state index in [4.69, 9.17) is 0 Å². The lowest BCUT2D eigenvalue weighted by Gasteiger charge is -2.05. The summed E-state index contributed by atoms with van der Waals surface area (Å²) < 4.78 is 27.9. The summed E-state index contributed by atoms with van der Waals surface area (Å²) in [5, 5.41) is 0. The van der Waals surface area contributed by atoms with Crippen LogP contribution in [-0.4, -0.2) is 19.8 Å². The number of hydrogen-bond donors (Lipinski definition) is 0. The van der Waals surface area contributed by atoms with Crippen molar-refractivity contribution >= 4 is 32.9 Å². The van der Waals surface area contributed by atoms with Gasteiger partial charge in [0, 0.05) is 7.05 Å². The summed E-state index contributed by atoms with van der Waals surface area (Å²) in [4.78, 5) is 0. The first-order chi connectivity index (χ1) is 4.45. The maximum atomic E-state index is 10.8. The summed E-state index contributed by atoms with van der Waals surface area (Å²) in [6, 6.07) is 0. The molecule has 0 N–H and O–H groups in total. The van der Waals surface area contributed by atoms with Gasteiger partial charge in [-0.15, -0.1) is 0 Å². The van der Waals surface area contributed by atoms with Crippen LogP contribution in [0.1, 0.15) is 6.92 Å². The van der Waals surface area contributed by atoms with Crippen LogP contribution < -0.4 is 0 Å². The first kappa shape index (κ1) is 8.12. The third-order valence-corrected chi connectivity index (χ3v) is 4.26. The molecule has 0 radical (unpaired) electrons. The predicted octanol–water partition coefficient (Wildman–Crippen LogP) is 0.817. The van der Waals surface area contributed by atoms with Crippen LogP contribution in [0.4, 0.5) is 0 Å². The van der Waals surface area contributed by atoms with E-state index in [9.17, 15) is 8.42 Å². The van der Waals surface area contributed by atoms with Crippen molar-refractivity contribution in [3.63, 3.8) is 0 Å². The quantitative estimate of drug-likeness (QED) is 0.485. The summed E-state index contributed by atoms with van der Waals surface area (Å²) in [6.45, 7) is 1.61. The lowest BCUT2D eigenvalue weighted by molar-refractivity contribution is 0.404. The summed E-state index contributed by atoms with van der Waals surface area (Å²) in [6.07, 6.45) is 0. The largest absolute Gasteiger partial charge is 0.409 e. The number of rotatable bonds is 0. The van der Waals surface area contributed by atoms with Crippen LogP contribution in [-0.2, 0) is 14.5 Å².